The van der Waals surface area contributed by atoms with Crippen LogP contribution in [0, 0.1) is 18.3 Å². The van der Waals surface area contributed by atoms with E-state index in [9.17, 15) is 19.6 Å². The van der Waals surface area contributed by atoms with Crippen molar-refractivity contribution in [2.75, 3.05) is 7.11 Å². The molecule has 0 atom stereocenters. The average Bonchev–Trinajstić information content (AvgIpc) is 3.26. The van der Waals surface area contributed by atoms with Crippen molar-refractivity contribution in [2.45, 2.75) is 20.1 Å². The highest BCUT2D eigenvalue weighted by Gasteiger charge is 2.15. The highest BCUT2D eigenvalue weighted by atomic mass is 16.5. The number of hydrazone groups is 1. The highest BCUT2D eigenvalue weighted by Crippen LogP contribution is 2.22. The Kier molecular flexibility index (Phi) is 7.17. The molecule has 168 valence electrons. The van der Waals surface area contributed by atoms with Crippen molar-refractivity contribution in [3.63, 3.8) is 0 Å². The van der Waals surface area contributed by atoms with Gasteiger partial charge in [-0.3, -0.25) is 9.59 Å². The number of carboxylic acid groups (broad SMARTS) is 1. The lowest BCUT2D eigenvalue weighted by molar-refractivity contribution is -0.121. The van der Waals surface area contributed by atoms with Crippen molar-refractivity contribution in [2.24, 2.45) is 5.10 Å². The lowest BCUT2D eigenvalue weighted by Gasteiger charge is -2.12. The maximum Gasteiger partial charge on any atom is 0.335 e. The Morgan fingerprint density at radius 2 is 2.09 bits per heavy atom. The first-order valence-corrected chi connectivity index (χ1v) is 9.72. The molecule has 1 amide bonds. The lowest BCUT2D eigenvalue weighted by Crippen LogP contribution is -2.33. The number of hydrogen-bond acceptors (Lipinski definition) is 7. The number of furan rings is 1. The minimum atomic E-state index is -1.04. The number of nitrogens with zero attached hydrogens (tertiary/aromatic N) is 3. The summed E-state index contributed by atoms with van der Waals surface area (Å²) >= 11 is 0. The maximum absolute atomic E-state index is 12.6. The van der Waals surface area contributed by atoms with Crippen LogP contribution in [-0.4, -0.2) is 34.9 Å². The Labute approximate surface area is 188 Å². The first-order chi connectivity index (χ1) is 15.8. The van der Waals surface area contributed by atoms with Gasteiger partial charge in [-0.15, -0.1) is 0 Å². The SMILES string of the molecule is COCc1cc(C)n(CC(=O)N/N=C\c2ccc(-c3cccc(C(=O)O)c3)o2)c(=O)c1C#N. The van der Waals surface area contributed by atoms with E-state index in [4.69, 9.17) is 14.3 Å². The molecule has 0 aliphatic heterocycles. The standard InChI is InChI=1S/C23H20N4O6/c1-14-8-17(13-32-2)19(10-24)22(29)27(14)12-21(28)26-25-11-18-6-7-20(33-18)15-4-3-5-16(9-15)23(30)31/h3-9,11H,12-13H2,1-2H3,(H,26,28)(H,30,31)/b25-11-. The fraction of sp³-hybridized carbons (Fsp3) is 0.174. The second-order valence-corrected chi connectivity index (χ2v) is 7.00. The van der Waals surface area contributed by atoms with Crippen molar-refractivity contribution < 1.29 is 23.8 Å². The molecule has 33 heavy (non-hydrogen) atoms. The van der Waals surface area contributed by atoms with Crippen LogP contribution in [0.5, 0.6) is 0 Å². The lowest BCUT2D eigenvalue weighted by atomic mass is 10.1. The van der Waals surface area contributed by atoms with E-state index in [-0.39, 0.29) is 24.3 Å². The summed E-state index contributed by atoms with van der Waals surface area (Å²) in [6.07, 6.45) is 1.28. The zero-order chi connectivity index (χ0) is 24.0. The minimum absolute atomic E-state index is 0.0752. The number of hydrogen-bond donors (Lipinski definition) is 2. The summed E-state index contributed by atoms with van der Waals surface area (Å²) in [5, 5.41) is 22.2. The number of benzene rings is 1. The molecule has 0 aliphatic carbocycles. The number of amides is 1. The summed E-state index contributed by atoms with van der Waals surface area (Å²) in [5.74, 6) is -0.846. The van der Waals surface area contributed by atoms with Gasteiger partial charge >= 0.3 is 5.97 Å². The van der Waals surface area contributed by atoms with Gasteiger partial charge in [0.15, 0.2) is 0 Å². The number of pyridine rings is 1. The summed E-state index contributed by atoms with van der Waals surface area (Å²) in [4.78, 5) is 35.9. The van der Waals surface area contributed by atoms with Crippen molar-refractivity contribution in [3.8, 4) is 17.4 Å². The van der Waals surface area contributed by atoms with Gasteiger partial charge in [-0.25, -0.2) is 10.2 Å². The molecule has 0 fully saturated rings. The van der Waals surface area contributed by atoms with E-state index in [0.29, 0.717) is 28.3 Å². The Bertz CT molecular complexity index is 1330. The van der Waals surface area contributed by atoms with Crippen LogP contribution in [0.3, 0.4) is 0 Å². The molecular formula is C23H20N4O6. The molecule has 10 heteroatoms. The number of rotatable bonds is 8. The number of nitrogens with one attached hydrogen (secondary N) is 1. The van der Waals surface area contributed by atoms with E-state index in [2.05, 4.69) is 10.5 Å². The Morgan fingerprint density at radius 3 is 2.79 bits per heavy atom. The second kappa shape index (κ2) is 10.2. The molecule has 0 unspecified atom stereocenters. The van der Waals surface area contributed by atoms with E-state index in [0.717, 1.165) is 0 Å². The number of carbonyl (C=O) groups excluding carboxylic acids is 1. The summed E-state index contributed by atoms with van der Waals surface area (Å²) < 4.78 is 11.8. The van der Waals surface area contributed by atoms with Crippen LogP contribution in [0.2, 0.25) is 0 Å². The van der Waals surface area contributed by atoms with Crippen LogP contribution in [0.4, 0.5) is 0 Å². The third-order valence-electron chi connectivity index (χ3n) is 4.70. The first kappa shape index (κ1) is 23.2. The van der Waals surface area contributed by atoms with E-state index >= 15 is 0 Å². The van der Waals surface area contributed by atoms with Crippen LogP contribution >= 0.6 is 0 Å². The minimum Gasteiger partial charge on any atom is -0.478 e. The molecular weight excluding hydrogens is 428 g/mol. The molecule has 2 N–H and O–H groups in total. The van der Waals surface area contributed by atoms with Gasteiger partial charge in [0.1, 0.15) is 29.7 Å². The van der Waals surface area contributed by atoms with Gasteiger partial charge in [0.2, 0.25) is 0 Å². The van der Waals surface area contributed by atoms with Gasteiger partial charge in [0, 0.05) is 23.9 Å². The van der Waals surface area contributed by atoms with Crippen molar-refractivity contribution in [3.05, 3.63) is 81.0 Å². The van der Waals surface area contributed by atoms with Gasteiger partial charge < -0.3 is 18.8 Å². The zero-order valence-electron chi connectivity index (χ0n) is 17.9. The van der Waals surface area contributed by atoms with Crippen molar-refractivity contribution in [1.29, 1.82) is 5.26 Å². The zero-order valence-corrected chi connectivity index (χ0v) is 17.9. The Hall–Kier alpha value is -4.49. The van der Waals surface area contributed by atoms with Crippen LogP contribution in [0.15, 0.2) is 56.8 Å². The third kappa shape index (κ3) is 5.41. The molecule has 0 radical (unpaired) electrons. The van der Waals surface area contributed by atoms with Gasteiger partial charge in [-0.2, -0.15) is 10.4 Å². The topological polar surface area (TPSA) is 147 Å². The molecule has 3 aromatic rings. The Morgan fingerprint density at radius 1 is 1.30 bits per heavy atom. The average molecular weight is 448 g/mol. The van der Waals surface area contributed by atoms with Crippen LogP contribution < -0.4 is 11.0 Å². The molecule has 2 aromatic heterocycles. The maximum atomic E-state index is 12.6. The first-order valence-electron chi connectivity index (χ1n) is 9.72. The van der Waals surface area contributed by atoms with Crippen LogP contribution in [0.1, 0.15) is 32.9 Å². The molecule has 0 bridgehead atoms. The second-order valence-electron chi connectivity index (χ2n) is 7.00. The van der Waals surface area contributed by atoms with E-state index in [1.807, 2.05) is 6.07 Å². The molecule has 3 rings (SSSR count). The van der Waals surface area contributed by atoms with Crippen molar-refractivity contribution >= 4 is 18.1 Å². The number of methoxy groups -OCH3 is 1. The largest absolute Gasteiger partial charge is 0.478 e. The highest BCUT2D eigenvalue weighted by molar-refractivity contribution is 5.89. The molecule has 0 aliphatic rings. The Balaban J connectivity index is 1.68. The number of ether oxygens (including phenoxy) is 1. The van der Waals surface area contributed by atoms with Crippen molar-refractivity contribution in [1.82, 2.24) is 9.99 Å². The van der Waals surface area contributed by atoms with E-state index in [1.54, 1.807) is 37.3 Å². The molecule has 0 saturated carbocycles. The number of aryl methyl sites for hydroxylation is 1. The summed E-state index contributed by atoms with van der Waals surface area (Å²) in [6.45, 7) is 1.44. The smallest absolute Gasteiger partial charge is 0.335 e. The fourth-order valence-electron chi connectivity index (χ4n) is 3.15. The quantitative estimate of drug-likeness (QED) is 0.397. The van der Waals surface area contributed by atoms with Crippen LogP contribution in [-0.2, 0) is 22.7 Å². The number of nitriles is 1. The third-order valence-corrected chi connectivity index (χ3v) is 4.70. The molecule has 10 nitrogen and oxygen atoms in total. The molecule has 0 saturated heterocycles. The monoisotopic (exact) mass is 448 g/mol. The normalized spacial score (nSPS) is 10.8. The van der Waals surface area contributed by atoms with E-state index in [1.165, 1.54) is 30.0 Å². The van der Waals surface area contributed by atoms with Gasteiger partial charge in [0.05, 0.1) is 18.4 Å². The predicted molar refractivity (Wildman–Crippen MR) is 118 cm³/mol. The predicted octanol–water partition coefficient (Wildman–Crippen LogP) is 2.28. The van der Waals surface area contributed by atoms with Gasteiger partial charge in [-0.1, -0.05) is 12.1 Å². The summed E-state index contributed by atoms with van der Waals surface area (Å²) in [7, 11) is 1.46. The molecule has 2 heterocycles. The van der Waals surface area contributed by atoms with Crippen LogP contribution in [0.25, 0.3) is 11.3 Å². The fourth-order valence-corrected chi connectivity index (χ4v) is 3.15. The summed E-state index contributed by atoms with van der Waals surface area (Å²) in [6, 6.07) is 13.0. The van der Waals surface area contributed by atoms with E-state index < -0.39 is 17.4 Å². The number of carboxylic acids is 1. The van der Waals surface area contributed by atoms with Gasteiger partial charge in [-0.05, 0) is 37.3 Å². The summed E-state index contributed by atoms with van der Waals surface area (Å²) in [5.41, 5.74) is 3.33. The molecule has 0 spiro atoms. The molecule has 1 aromatic carbocycles. The number of aromatic carboxylic acids is 1. The number of aromatic nitrogens is 1. The number of carbonyl (C=O) groups is 2. The van der Waals surface area contributed by atoms with Gasteiger partial charge in [0.25, 0.3) is 11.5 Å².